The third-order valence-electron chi connectivity index (χ3n) is 4.43. The third-order valence-corrected chi connectivity index (χ3v) is 4.67. The van der Waals surface area contributed by atoms with Crippen molar-refractivity contribution in [3.63, 3.8) is 0 Å². The fourth-order valence-corrected chi connectivity index (χ4v) is 3.27. The van der Waals surface area contributed by atoms with Gasteiger partial charge in [0.1, 0.15) is 12.0 Å². The van der Waals surface area contributed by atoms with Crippen LogP contribution in [0.4, 0.5) is 0 Å². The molecule has 1 amide bonds. The predicted molar refractivity (Wildman–Crippen MR) is 100 cm³/mol. The topological polar surface area (TPSA) is 89.1 Å². The monoisotopic (exact) mass is 365 g/mol. The van der Waals surface area contributed by atoms with Gasteiger partial charge in [-0.3, -0.25) is 4.79 Å². The average molecular weight is 366 g/mol. The molecule has 4 rings (SSSR count). The van der Waals surface area contributed by atoms with Gasteiger partial charge in [0.2, 0.25) is 0 Å². The van der Waals surface area contributed by atoms with Gasteiger partial charge in [-0.05, 0) is 48.4 Å². The SMILES string of the molecule is Cc1ccc(Cl)cc1Cc1[nH]c(-c2ncnn3cccc23)cc1C(N)=O. The van der Waals surface area contributed by atoms with E-state index in [9.17, 15) is 4.79 Å². The van der Waals surface area contributed by atoms with E-state index in [1.165, 1.54) is 6.33 Å². The van der Waals surface area contributed by atoms with Gasteiger partial charge in [-0.25, -0.2) is 9.50 Å². The highest BCUT2D eigenvalue weighted by atomic mass is 35.5. The molecule has 6 nitrogen and oxygen atoms in total. The van der Waals surface area contributed by atoms with Crippen LogP contribution in [-0.4, -0.2) is 25.5 Å². The number of hydrogen-bond donors (Lipinski definition) is 2. The summed E-state index contributed by atoms with van der Waals surface area (Å²) in [4.78, 5) is 19.6. The molecule has 1 aromatic carbocycles. The normalized spacial score (nSPS) is 11.2. The Morgan fingerprint density at radius 3 is 2.96 bits per heavy atom. The zero-order valence-corrected chi connectivity index (χ0v) is 14.8. The standard InChI is InChI=1S/C19H16ClN5O/c1-11-4-5-13(20)7-12(11)8-15-14(19(21)26)9-16(24-15)18-17-3-2-6-25(17)23-10-22-18/h2-7,9-10,24H,8H2,1H3,(H2,21,26). The van der Waals surface area contributed by atoms with Gasteiger partial charge >= 0.3 is 0 Å². The number of amides is 1. The van der Waals surface area contributed by atoms with Crippen LogP contribution in [0.5, 0.6) is 0 Å². The summed E-state index contributed by atoms with van der Waals surface area (Å²) in [5, 5.41) is 4.82. The van der Waals surface area contributed by atoms with E-state index in [2.05, 4.69) is 15.1 Å². The summed E-state index contributed by atoms with van der Waals surface area (Å²) in [6.45, 7) is 2.01. The Hall–Kier alpha value is -3.12. The molecule has 0 unspecified atom stereocenters. The Morgan fingerprint density at radius 2 is 2.15 bits per heavy atom. The lowest BCUT2D eigenvalue weighted by molar-refractivity contribution is 0.0999. The summed E-state index contributed by atoms with van der Waals surface area (Å²) in [6.07, 6.45) is 3.84. The van der Waals surface area contributed by atoms with Crippen molar-refractivity contribution in [2.24, 2.45) is 5.73 Å². The van der Waals surface area contributed by atoms with E-state index >= 15 is 0 Å². The first-order valence-electron chi connectivity index (χ1n) is 8.08. The number of hydrogen-bond acceptors (Lipinski definition) is 3. The molecule has 0 atom stereocenters. The lowest BCUT2D eigenvalue weighted by Gasteiger charge is -2.07. The van der Waals surface area contributed by atoms with Gasteiger partial charge in [0.25, 0.3) is 5.91 Å². The van der Waals surface area contributed by atoms with Crippen LogP contribution in [0.2, 0.25) is 5.02 Å². The van der Waals surface area contributed by atoms with Gasteiger partial charge in [-0.15, -0.1) is 0 Å². The molecule has 0 radical (unpaired) electrons. The number of nitrogens with zero attached hydrogens (tertiary/aromatic N) is 3. The number of carbonyl (C=O) groups is 1. The van der Waals surface area contributed by atoms with Gasteiger partial charge in [0.05, 0.1) is 16.8 Å². The molecule has 0 bridgehead atoms. The summed E-state index contributed by atoms with van der Waals surface area (Å²) in [5.41, 5.74) is 11.2. The number of H-pyrrole nitrogens is 1. The second kappa shape index (κ2) is 6.31. The summed E-state index contributed by atoms with van der Waals surface area (Å²) in [5.74, 6) is -0.484. The number of aromatic amines is 1. The zero-order valence-electron chi connectivity index (χ0n) is 14.0. The van der Waals surface area contributed by atoms with Crippen molar-refractivity contribution < 1.29 is 4.79 Å². The molecule has 4 aromatic rings. The Morgan fingerprint density at radius 1 is 1.31 bits per heavy atom. The van der Waals surface area contributed by atoms with Crippen LogP contribution >= 0.6 is 11.6 Å². The number of rotatable bonds is 4. The van der Waals surface area contributed by atoms with Crippen LogP contribution < -0.4 is 5.73 Å². The maximum atomic E-state index is 12.0. The van der Waals surface area contributed by atoms with Gasteiger partial charge in [0.15, 0.2) is 0 Å². The minimum absolute atomic E-state index is 0.447. The molecule has 7 heteroatoms. The van der Waals surface area contributed by atoms with E-state index in [0.29, 0.717) is 22.7 Å². The predicted octanol–water partition coefficient (Wildman–Crippen LogP) is 3.38. The summed E-state index contributed by atoms with van der Waals surface area (Å²) < 4.78 is 1.73. The van der Waals surface area contributed by atoms with Gasteiger partial charge in [-0.2, -0.15) is 5.10 Å². The van der Waals surface area contributed by atoms with Gasteiger partial charge < -0.3 is 10.7 Å². The van der Waals surface area contributed by atoms with E-state index < -0.39 is 5.91 Å². The third kappa shape index (κ3) is 2.84. The molecule has 0 spiro atoms. The van der Waals surface area contributed by atoms with Crippen LogP contribution in [0, 0.1) is 6.92 Å². The molecule has 3 heterocycles. The van der Waals surface area contributed by atoms with Crippen molar-refractivity contribution in [1.82, 2.24) is 19.6 Å². The number of nitrogens with one attached hydrogen (secondary N) is 1. The van der Waals surface area contributed by atoms with E-state index in [0.717, 1.165) is 28.0 Å². The summed E-state index contributed by atoms with van der Waals surface area (Å²) >= 11 is 6.12. The first-order valence-corrected chi connectivity index (χ1v) is 8.46. The minimum atomic E-state index is -0.484. The minimum Gasteiger partial charge on any atom is -0.366 e. The maximum absolute atomic E-state index is 12.0. The van der Waals surface area contributed by atoms with E-state index in [4.69, 9.17) is 17.3 Å². The van der Waals surface area contributed by atoms with Crippen molar-refractivity contribution in [3.8, 4) is 11.4 Å². The van der Waals surface area contributed by atoms with Crippen LogP contribution in [0.3, 0.4) is 0 Å². The molecular formula is C19H16ClN5O. The molecule has 0 aliphatic carbocycles. The van der Waals surface area contributed by atoms with Gasteiger partial charge in [-0.1, -0.05) is 17.7 Å². The highest BCUT2D eigenvalue weighted by molar-refractivity contribution is 6.30. The largest absolute Gasteiger partial charge is 0.366 e. The van der Waals surface area contributed by atoms with Crippen molar-refractivity contribution in [3.05, 3.63) is 76.3 Å². The quantitative estimate of drug-likeness (QED) is 0.581. The Bertz CT molecular complexity index is 1130. The number of primary amides is 1. The number of nitrogens with two attached hydrogens (primary N) is 1. The Labute approximate surface area is 154 Å². The second-order valence-corrected chi connectivity index (χ2v) is 6.57. The Kier molecular flexibility index (Phi) is 3.97. The zero-order chi connectivity index (χ0) is 18.3. The maximum Gasteiger partial charge on any atom is 0.250 e. The molecule has 0 aliphatic rings. The number of aryl methyl sites for hydroxylation is 1. The molecule has 3 N–H and O–H groups in total. The van der Waals surface area contributed by atoms with E-state index in [1.54, 1.807) is 10.6 Å². The second-order valence-electron chi connectivity index (χ2n) is 6.13. The number of carbonyl (C=O) groups excluding carboxylic acids is 1. The lowest BCUT2D eigenvalue weighted by atomic mass is 10.0. The number of fused-ring (bicyclic) bond motifs is 1. The Balaban J connectivity index is 1.82. The molecule has 130 valence electrons. The van der Waals surface area contributed by atoms with Crippen LogP contribution in [-0.2, 0) is 6.42 Å². The molecule has 26 heavy (non-hydrogen) atoms. The van der Waals surface area contributed by atoms with Crippen molar-refractivity contribution in [2.45, 2.75) is 13.3 Å². The van der Waals surface area contributed by atoms with Crippen LogP contribution in [0.15, 0.2) is 48.9 Å². The fraction of sp³-hybridized carbons (Fsp3) is 0.105. The molecule has 0 saturated heterocycles. The number of aromatic nitrogens is 4. The lowest BCUT2D eigenvalue weighted by Crippen LogP contribution is -2.12. The van der Waals surface area contributed by atoms with E-state index in [-0.39, 0.29) is 0 Å². The molecule has 0 saturated carbocycles. The number of halogens is 1. The molecular weight excluding hydrogens is 350 g/mol. The average Bonchev–Trinajstić information content (AvgIpc) is 3.24. The first kappa shape index (κ1) is 16.4. The van der Waals surface area contributed by atoms with Crippen LogP contribution in [0.25, 0.3) is 16.9 Å². The fourth-order valence-electron chi connectivity index (χ4n) is 3.08. The highest BCUT2D eigenvalue weighted by Gasteiger charge is 2.17. The molecule has 0 fully saturated rings. The van der Waals surface area contributed by atoms with Gasteiger partial charge in [0, 0.05) is 23.3 Å². The van der Waals surface area contributed by atoms with Crippen molar-refractivity contribution in [1.29, 1.82) is 0 Å². The summed E-state index contributed by atoms with van der Waals surface area (Å²) in [6, 6.07) is 11.3. The smallest absolute Gasteiger partial charge is 0.250 e. The first-order chi connectivity index (χ1) is 12.5. The number of benzene rings is 1. The molecule has 3 aromatic heterocycles. The van der Waals surface area contributed by atoms with E-state index in [1.807, 2.05) is 43.5 Å². The van der Waals surface area contributed by atoms with Crippen molar-refractivity contribution in [2.75, 3.05) is 0 Å². The van der Waals surface area contributed by atoms with Crippen molar-refractivity contribution >= 4 is 23.0 Å². The summed E-state index contributed by atoms with van der Waals surface area (Å²) in [7, 11) is 0. The molecule has 0 aliphatic heterocycles. The van der Waals surface area contributed by atoms with Crippen LogP contribution in [0.1, 0.15) is 27.2 Å². The highest BCUT2D eigenvalue weighted by Crippen LogP contribution is 2.26.